The number of aromatic nitrogens is 1. The van der Waals surface area contributed by atoms with Crippen LogP contribution in [0.15, 0.2) is 47.4 Å². The molecule has 1 aromatic heterocycles. The van der Waals surface area contributed by atoms with Crippen molar-refractivity contribution < 1.29 is 19.2 Å². The monoisotopic (exact) mass is 440 g/mol. The van der Waals surface area contributed by atoms with Gasteiger partial charge in [-0.15, -0.1) is 0 Å². The van der Waals surface area contributed by atoms with Crippen LogP contribution in [0.2, 0.25) is 0 Å². The number of anilines is 1. The summed E-state index contributed by atoms with van der Waals surface area (Å²) >= 11 is 0. The predicted molar refractivity (Wildman–Crippen MR) is 117 cm³/mol. The maximum atomic E-state index is 15.3. The Hall–Kier alpha value is -3.79. The Morgan fingerprint density at radius 3 is 2.41 bits per heavy atom. The number of carbonyl (C=O) groups is 1. The first-order chi connectivity index (χ1) is 15.3. The third kappa shape index (κ3) is 3.58. The van der Waals surface area contributed by atoms with Crippen LogP contribution in [-0.4, -0.2) is 58.2 Å². The molecule has 0 atom stereocenters. The van der Waals surface area contributed by atoms with E-state index < -0.39 is 33.4 Å². The molecule has 0 bridgehead atoms. The number of hydrogen-bond donors (Lipinski definition) is 1. The van der Waals surface area contributed by atoms with Crippen LogP contribution in [0.3, 0.4) is 0 Å². The highest BCUT2D eigenvalue weighted by Crippen LogP contribution is 2.39. The highest BCUT2D eigenvalue weighted by molar-refractivity contribution is 5.99. The molecular formula is C22H21FN4O5. The highest BCUT2D eigenvalue weighted by Gasteiger charge is 2.33. The van der Waals surface area contributed by atoms with Crippen molar-refractivity contribution in [2.24, 2.45) is 0 Å². The van der Waals surface area contributed by atoms with Gasteiger partial charge < -0.3 is 19.5 Å². The molecule has 10 heteroatoms. The molecule has 32 heavy (non-hydrogen) atoms. The molecule has 9 nitrogen and oxygen atoms in total. The molecule has 0 radical (unpaired) electrons. The normalized spacial score (nSPS) is 14.6. The third-order valence-corrected chi connectivity index (χ3v) is 5.77. The van der Waals surface area contributed by atoms with Crippen molar-refractivity contribution in [1.82, 2.24) is 9.47 Å². The molecule has 0 amide bonds. The van der Waals surface area contributed by atoms with E-state index in [0.29, 0.717) is 31.9 Å². The number of aromatic carboxylic acids is 1. The van der Waals surface area contributed by atoms with Crippen molar-refractivity contribution in [2.45, 2.75) is 6.92 Å². The summed E-state index contributed by atoms with van der Waals surface area (Å²) in [5.74, 6) is -2.42. The van der Waals surface area contributed by atoms with Crippen molar-refractivity contribution >= 4 is 28.2 Å². The van der Waals surface area contributed by atoms with Gasteiger partial charge in [0, 0.05) is 38.1 Å². The number of hydrogen-bond acceptors (Lipinski definition) is 6. The van der Waals surface area contributed by atoms with Crippen LogP contribution in [0.4, 0.5) is 15.8 Å². The van der Waals surface area contributed by atoms with Gasteiger partial charge in [0.2, 0.25) is 5.43 Å². The lowest BCUT2D eigenvalue weighted by atomic mass is 10.1. The lowest BCUT2D eigenvalue weighted by Gasteiger charge is -2.35. The standard InChI is InChI=1S/C22H21FN4O5/c1-2-24-8-10-25(11-9-24)19-17(23)12-15-18(20(19)27(31)32)26(14-6-4-3-5-7-14)13-16(21(15)28)22(29)30/h3-7,12-13H,2,8-11H2,1H3,(H,29,30). The molecule has 1 aliphatic rings. The summed E-state index contributed by atoms with van der Waals surface area (Å²) in [6, 6.07) is 9.27. The van der Waals surface area contributed by atoms with E-state index in [0.717, 1.165) is 18.8 Å². The Morgan fingerprint density at radius 2 is 1.84 bits per heavy atom. The highest BCUT2D eigenvalue weighted by atomic mass is 19.1. The summed E-state index contributed by atoms with van der Waals surface area (Å²) in [6.07, 6.45) is 1.06. The van der Waals surface area contributed by atoms with Gasteiger partial charge >= 0.3 is 11.7 Å². The van der Waals surface area contributed by atoms with Gasteiger partial charge in [-0.3, -0.25) is 14.9 Å². The van der Waals surface area contributed by atoms with Crippen LogP contribution in [0.1, 0.15) is 17.3 Å². The van der Waals surface area contributed by atoms with Crippen LogP contribution in [0.25, 0.3) is 16.6 Å². The van der Waals surface area contributed by atoms with Gasteiger partial charge in [0.15, 0.2) is 11.5 Å². The van der Waals surface area contributed by atoms with E-state index in [4.69, 9.17) is 0 Å². The summed E-state index contributed by atoms with van der Waals surface area (Å²) in [4.78, 5) is 39.8. The number of nitro groups is 1. The molecule has 2 heterocycles. The van der Waals surface area contributed by atoms with Gasteiger partial charge in [-0.25, -0.2) is 9.18 Å². The van der Waals surface area contributed by atoms with Crippen LogP contribution >= 0.6 is 0 Å². The summed E-state index contributed by atoms with van der Waals surface area (Å²) in [5.41, 5.74) is -2.03. The molecule has 2 aromatic carbocycles. The molecule has 0 aliphatic carbocycles. The number of nitro benzene ring substituents is 1. The van der Waals surface area contributed by atoms with E-state index in [-0.39, 0.29) is 16.6 Å². The predicted octanol–water partition coefficient (Wildman–Crippen LogP) is 2.88. The van der Waals surface area contributed by atoms with Crippen molar-refractivity contribution in [3.05, 3.63) is 74.3 Å². The molecule has 1 fully saturated rings. The largest absolute Gasteiger partial charge is 0.477 e. The van der Waals surface area contributed by atoms with Gasteiger partial charge in [0.05, 0.1) is 10.3 Å². The second-order valence-corrected chi connectivity index (χ2v) is 7.51. The molecule has 4 rings (SSSR count). The zero-order valence-corrected chi connectivity index (χ0v) is 17.3. The van der Waals surface area contributed by atoms with E-state index >= 15 is 4.39 Å². The van der Waals surface area contributed by atoms with Crippen LogP contribution in [0, 0.1) is 15.9 Å². The van der Waals surface area contributed by atoms with Crippen molar-refractivity contribution in [1.29, 1.82) is 0 Å². The number of carboxylic acids is 1. The van der Waals surface area contributed by atoms with Gasteiger partial charge in [-0.1, -0.05) is 25.1 Å². The van der Waals surface area contributed by atoms with Crippen LogP contribution < -0.4 is 10.3 Å². The van der Waals surface area contributed by atoms with Crippen molar-refractivity contribution in [3.8, 4) is 5.69 Å². The average Bonchev–Trinajstić information content (AvgIpc) is 2.79. The Labute approximate surface area is 182 Å². The number of para-hydroxylation sites is 1. The minimum absolute atomic E-state index is 0.134. The SMILES string of the molecule is CCN1CCN(c2c(F)cc3c(=O)c(C(=O)O)cn(-c4ccccc4)c3c2[N+](=O)[O-])CC1. The van der Waals surface area contributed by atoms with E-state index in [9.17, 15) is 24.8 Å². The van der Waals surface area contributed by atoms with Crippen molar-refractivity contribution in [3.63, 3.8) is 0 Å². The lowest BCUT2D eigenvalue weighted by molar-refractivity contribution is -0.382. The summed E-state index contributed by atoms with van der Waals surface area (Å²) < 4.78 is 16.6. The number of rotatable bonds is 5. The fraction of sp³-hybridized carbons (Fsp3) is 0.273. The maximum Gasteiger partial charge on any atom is 0.341 e. The van der Waals surface area contributed by atoms with Crippen LogP contribution in [0.5, 0.6) is 0 Å². The number of fused-ring (bicyclic) bond motifs is 1. The molecule has 1 N–H and O–H groups in total. The second kappa shape index (κ2) is 8.39. The van der Waals surface area contributed by atoms with Gasteiger partial charge in [0.1, 0.15) is 11.1 Å². The minimum atomic E-state index is -1.50. The van der Waals surface area contributed by atoms with Gasteiger partial charge in [-0.05, 0) is 24.7 Å². The molecule has 1 aliphatic heterocycles. The molecule has 166 valence electrons. The number of pyridine rings is 1. The zero-order chi connectivity index (χ0) is 23.0. The summed E-state index contributed by atoms with van der Waals surface area (Å²) in [7, 11) is 0. The van der Waals surface area contributed by atoms with E-state index in [1.54, 1.807) is 35.2 Å². The number of benzene rings is 2. The first-order valence-electron chi connectivity index (χ1n) is 10.2. The Balaban J connectivity index is 2.08. The minimum Gasteiger partial charge on any atom is -0.477 e. The molecule has 1 saturated heterocycles. The maximum absolute atomic E-state index is 15.3. The second-order valence-electron chi connectivity index (χ2n) is 7.51. The Kier molecular flexibility index (Phi) is 5.62. The molecule has 0 saturated carbocycles. The number of piperazine rings is 1. The molecule has 0 unspecified atom stereocenters. The van der Waals surface area contributed by atoms with E-state index in [1.807, 2.05) is 6.92 Å². The third-order valence-electron chi connectivity index (χ3n) is 5.77. The average molecular weight is 440 g/mol. The molecule has 0 spiro atoms. The summed E-state index contributed by atoms with van der Waals surface area (Å²) in [6.45, 7) is 4.85. The number of likely N-dealkylation sites (N-methyl/N-ethyl adjacent to an activating group) is 1. The van der Waals surface area contributed by atoms with E-state index in [1.165, 1.54) is 4.57 Å². The summed E-state index contributed by atoms with van der Waals surface area (Å²) in [5, 5.41) is 21.4. The Bertz CT molecular complexity index is 1270. The number of carboxylic acid groups (broad SMARTS) is 1. The van der Waals surface area contributed by atoms with Crippen LogP contribution in [-0.2, 0) is 0 Å². The fourth-order valence-electron chi connectivity index (χ4n) is 4.14. The van der Waals surface area contributed by atoms with E-state index in [2.05, 4.69) is 4.90 Å². The van der Waals surface area contributed by atoms with Crippen molar-refractivity contribution in [2.75, 3.05) is 37.6 Å². The zero-order valence-electron chi connectivity index (χ0n) is 17.3. The lowest BCUT2D eigenvalue weighted by Crippen LogP contribution is -2.46. The quantitative estimate of drug-likeness (QED) is 0.480. The van der Waals surface area contributed by atoms with Gasteiger partial charge in [-0.2, -0.15) is 0 Å². The topological polar surface area (TPSA) is 109 Å². The first-order valence-corrected chi connectivity index (χ1v) is 10.2. The molecular weight excluding hydrogens is 419 g/mol. The fourth-order valence-corrected chi connectivity index (χ4v) is 4.14. The Morgan fingerprint density at radius 1 is 1.19 bits per heavy atom. The van der Waals surface area contributed by atoms with Gasteiger partial charge in [0.25, 0.3) is 0 Å². The smallest absolute Gasteiger partial charge is 0.341 e. The molecule has 3 aromatic rings. The number of halogens is 1. The first kappa shape index (κ1) is 21.4. The number of nitrogens with zero attached hydrogens (tertiary/aromatic N) is 4.